The van der Waals surface area contributed by atoms with Crippen LogP contribution in [-0.4, -0.2) is 50.9 Å². The predicted octanol–water partition coefficient (Wildman–Crippen LogP) is 1.90. The van der Waals surface area contributed by atoms with Gasteiger partial charge in [-0.2, -0.15) is 0 Å². The molecule has 0 spiro atoms. The molecule has 1 atom stereocenters. The Morgan fingerprint density at radius 3 is 2.48 bits per heavy atom. The summed E-state index contributed by atoms with van der Waals surface area (Å²) in [4.78, 5) is 26.5. The zero-order valence-electron chi connectivity index (χ0n) is 14.9. The summed E-state index contributed by atoms with van der Waals surface area (Å²) < 4.78 is 32.0. The third-order valence-corrected chi connectivity index (χ3v) is 6.83. The van der Waals surface area contributed by atoms with Gasteiger partial charge in [-0.25, -0.2) is 8.42 Å². The highest BCUT2D eigenvalue weighted by atomic mass is 32.2. The van der Waals surface area contributed by atoms with E-state index in [4.69, 9.17) is 4.74 Å². The number of rotatable bonds is 4. The van der Waals surface area contributed by atoms with Crippen LogP contribution >= 0.6 is 0 Å². The summed E-state index contributed by atoms with van der Waals surface area (Å²) in [5.74, 6) is -0.987. The Bertz CT molecular complexity index is 1020. The molecule has 0 bridgehead atoms. The number of esters is 1. The SMILES string of the molecule is C[C@H](OC(=O)CN1c2cccc3cccc(c23)S1(=O)=O)C(=O)N1CCCC1. The summed E-state index contributed by atoms with van der Waals surface area (Å²) in [5, 5.41) is 1.40. The fourth-order valence-electron chi connectivity index (χ4n) is 3.73. The molecular weight excluding hydrogens is 368 g/mol. The summed E-state index contributed by atoms with van der Waals surface area (Å²) in [7, 11) is -3.83. The second kappa shape index (κ2) is 6.53. The smallest absolute Gasteiger partial charge is 0.327 e. The molecular formula is C19H20N2O5S. The van der Waals surface area contributed by atoms with Crippen LogP contribution in [0.1, 0.15) is 19.8 Å². The van der Waals surface area contributed by atoms with E-state index in [1.807, 2.05) is 12.1 Å². The molecule has 2 heterocycles. The van der Waals surface area contributed by atoms with Gasteiger partial charge in [-0.3, -0.25) is 13.9 Å². The molecule has 27 heavy (non-hydrogen) atoms. The van der Waals surface area contributed by atoms with Crippen molar-refractivity contribution in [3.8, 4) is 0 Å². The Balaban J connectivity index is 1.54. The van der Waals surface area contributed by atoms with Crippen LogP contribution in [0.4, 0.5) is 5.69 Å². The first-order valence-corrected chi connectivity index (χ1v) is 10.4. The lowest BCUT2D eigenvalue weighted by molar-refractivity contribution is -0.157. The van der Waals surface area contributed by atoms with Gasteiger partial charge in [-0.15, -0.1) is 0 Å². The summed E-state index contributed by atoms with van der Waals surface area (Å²) in [6.07, 6.45) is 0.959. The first-order chi connectivity index (χ1) is 12.9. The molecule has 1 fully saturated rings. The minimum absolute atomic E-state index is 0.185. The van der Waals surface area contributed by atoms with Gasteiger partial charge in [0.1, 0.15) is 6.54 Å². The molecule has 142 valence electrons. The number of benzene rings is 2. The quantitative estimate of drug-likeness (QED) is 0.747. The second-order valence-corrected chi connectivity index (χ2v) is 8.64. The predicted molar refractivity (Wildman–Crippen MR) is 99.8 cm³/mol. The van der Waals surface area contributed by atoms with Crippen LogP contribution in [0.25, 0.3) is 10.8 Å². The molecule has 2 aromatic carbocycles. The van der Waals surface area contributed by atoms with E-state index >= 15 is 0 Å². The van der Waals surface area contributed by atoms with Crippen LogP contribution in [-0.2, 0) is 24.3 Å². The molecule has 0 N–H and O–H groups in total. The highest BCUT2D eigenvalue weighted by Gasteiger charge is 2.37. The van der Waals surface area contributed by atoms with E-state index in [1.165, 1.54) is 13.0 Å². The number of sulfonamides is 1. The average Bonchev–Trinajstić information content (AvgIpc) is 3.25. The van der Waals surface area contributed by atoms with Crippen molar-refractivity contribution in [2.24, 2.45) is 0 Å². The molecule has 0 radical (unpaired) electrons. The molecule has 2 aliphatic rings. The highest BCUT2D eigenvalue weighted by Crippen LogP contribution is 2.41. The number of anilines is 1. The maximum Gasteiger partial charge on any atom is 0.327 e. The van der Waals surface area contributed by atoms with E-state index in [0.29, 0.717) is 24.2 Å². The van der Waals surface area contributed by atoms with E-state index in [-0.39, 0.29) is 10.8 Å². The molecule has 2 aliphatic heterocycles. The number of ether oxygens (including phenoxy) is 1. The Kier molecular flexibility index (Phi) is 4.30. The number of nitrogens with zero attached hydrogens (tertiary/aromatic N) is 2. The van der Waals surface area contributed by atoms with Crippen LogP contribution < -0.4 is 4.31 Å². The number of carbonyl (C=O) groups excluding carboxylic acids is 2. The maximum atomic E-state index is 12.9. The van der Waals surface area contributed by atoms with Crippen molar-refractivity contribution in [2.75, 3.05) is 23.9 Å². The monoisotopic (exact) mass is 388 g/mol. The van der Waals surface area contributed by atoms with Crippen molar-refractivity contribution in [3.05, 3.63) is 36.4 Å². The Labute approximate surface area is 157 Å². The Hall–Kier alpha value is -2.61. The van der Waals surface area contributed by atoms with Crippen LogP contribution in [0, 0.1) is 0 Å². The molecule has 0 saturated carbocycles. The Morgan fingerprint density at radius 1 is 1.11 bits per heavy atom. The molecule has 7 nitrogen and oxygen atoms in total. The van der Waals surface area contributed by atoms with Crippen LogP contribution in [0.15, 0.2) is 41.3 Å². The molecule has 1 saturated heterocycles. The zero-order chi connectivity index (χ0) is 19.2. The highest BCUT2D eigenvalue weighted by molar-refractivity contribution is 7.93. The van der Waals surface area contributed by atoms with Gasteiger partial charge >= 0.3 is 5.97 Å². The lowest BCUT2D eigenvalue weighted by atomic mass is 10.1. The molecule has 2 aromatic rings. The first-order valence-electron chi connectivity index (χ1n) is 8.92. The van der Waals surface area contributed by atoms with E-state index in [0.717, 1.165) is 22.5 Å². The minimum atomic E-state index is -3.83. The number of carbonyl (C=O) groups is 2. The van der Waals surface area contributed by atoms with Crippen LogP contribution in [0.5, 0.6) is 0 Å². The van der Waals surface area contributed by atoms with E-state index in [2.05, 4.69) is 0 Å². The molecule has 0 unspecified atom stereocenters. The van der Waals surface area contributed by atoms with Gasteiger partial charge in [0.2, 0.25) is 0 Å². The Morgan fingerprint density at radius 2 is 1.78 bits per heavy atom. The third-order valence-electron chi connectivity index (χ3n) is 5.03. The summed E-state index contributed by atoms with van der Waals surface area (Å²) in [5.41, 5.74) is 0.457. The fraction of sp³-hybridized carbons (Fsp3) is 0.368. The average molecular weight is 388 g/mol. The van der Waals surface area contributed by atoms with Gasteiger partial charge in [0.05, 0.1) is 10.6 Å². The second-order valence-electron chi connectivity index (χ2n) is 6.81. The van der Waals surface area contributed by atoms with Gasteiger partial charge in [0.25, 0.3) is 15.9 Å². The third kappa shape index (κ3) is 2.93. The molecule has 8 heteroatoms. The van der Waals surface area contributed by atoms with E-state index in [1.54, 1.807) is 23.1 Å². The summed E-state index contributed by atoms with van der Waals surface area (Å²) in [6, 6.07) is 10.3. The summed E-state index contributed by atoms with van der Waals surface area (Å²) in [6.45, 7) is 2.39. The van der Waals surface area contributed by atoms with Crippen molar-refractivity contribution in [2.45, 2.75) is 30.8 Å². The van der Waals surface area contributed by atoms with Gasteiger partial charge in [-0.05, 0) is 37.3 Å². The van der Waals surface area contributed by atoms with E-state index < -0.39 is 28.6 Å². The van der Waals surface area contributed by atoms with Crippen molar-refractivity contribution in [1.82, 2.24) is 4.90 Å². The summed E-state index contributed by atoms with van der Waals surface area (Å²) >= 11 is 0. The lowest BCUT2D eigenvalue weighted by Crippen LogP contribution is -2.40. The van der Waals surface area contributed by atoms with Crippen molar-refractivity contribution in [1.29, 1.82) is 0 Å². The van der Waals surface area contributed by atoms with Crippen LogP contribution in [0.2, 0.25) is 0 Å². The van der Waals surface area contributed by atoms with Crippen LogP contribution in [0.3, 0.4) is 0 Å². The number of hydrogen-bond acceptors (Lipinski definition) is 5. The lowest BCUT2D eigenvalue weighted by Gasteiger charge is -2.22. The molecule has 4 rings (SSSR count). The number of likely N-dealkylation sites (tertiary alicyclic amines) is 1. The number of hydrogen-bond donors (Lipinski definition) is 0. The van der Waals surface area contributed by atoms with Crippen molar-refractivity contribution >= 4 is 38.4 Å². The first kappa shape index (κ1) is 17.8. The standard InChI is InChI=1S/C19H20N2O5S/c1-13(19(23)20-10-2-3-11-20)26-17(22)12-21-15-8-4-6-14-7-5-9-16(18(14)15)27(21,24)25/h4-9,13H,2-3,10-12H2,1H3/t13-/m0/s1. The minimum Gasteiger partial charge on any atom is -0.451 e. The molecule has 0 aliphatic carbocycles. The fourth-order valence-corrected chi connectivity index (χ4v) is 5.38. The normalized spacial score (nSPS) is 18.7. The topological polar surface area (TPSA) is 84.0 Å². The largest absolute Gasteiger partial charge is 0.451 e. The van der Waals surface area contributed by atoms with Gasteiger partial charge in [-0.1, -0.05) is 24.3 Å². The van der Waals surface area contributed by atoms with Gasteiger partial charge in [0.15, 0.2) is 6.10 Å². The van der Waals surface area contributed by atoms with Crippen molar-refractivity contribution < 1.29 is 22.7 Å². The van der Waals surface area contributed by atoms with Crippen molar-refractivity contribution in [3.63, 3.8) is 0 Å². The van der Waals surface area contributed by atoms with Gasteiger partial charge < -0.3 is 9.64 Å². The molecule has 0 aromatic heterocycles. The molecule has 1 amide bonds. The zero-order valence-corrected chi connectivity index (χ0v) is 15.7. The van der Waals surface area contributed by atoms with E-state index in [9.17, 15) is 18.0 Å². The van der Waals surface area contributed by atoms with Gasteiger partial charge in [0, 0.05) is 18.5 Å². The maximum absolute atomic E-state index is 12.9. The number of amides is 1.